The van der Waals surface area contributed by atoms with E-state index in [1.54, 1.807) is 6.92 Å². The standard InChI is InChI=1S/C10H19N3O3/c1-8(14)7-12(2)9(15)10(16)13-5-3-11-4-6-13/h8,11,14H,3-7H2,1-2H3. The van der Waals surface area contributed by atoms with Crippen LogP contribution in [0.2, 0.25) is 0 Å². The molecule has 2 amide bonds. The van der Waals surface area contributed by atoms with Gasteiger partial charge < -0.3 is 20.2 Å². The molecular formula is C10H19N3O3. The van der Waals surface area contributed by atoms with E-state index in [1.165, 1.54) is 16.8 Å². The Morgan fingerprint density at radius 1 is 1.44 bits per heavy atom. The molecule has 0 aliphatic carbocycles. The Hall–Kier alpha value is -1.14. The smallest absolute Gasteiger partial charge is 0.312 e. The number of hydrogen-bond donors (Lipinski definition) is 2. The van der Waals surface area contributed by atoms with Crippen molar-refractivity contribution in [1.82, 2.24) is 15.1 Å². The Bertz CT molecular complexity index is 262. The maximum absolute atomic E-state index is 11.7. The first kappa shape index (κ1) is 12.9. The molecule has 0 bridgehead atoms. The van der Waals surface area contributed by atoms with Crippen LogP contribution < -0.4 is 5.32 Å². The fraction of sp³-hybridized carbons (Fsp3) is 0.800. The lowest BCUT2D eigenvalue weighted by Crippen LogP contribution is -2.52. The second-order valence-electron chi connectivity index (χ2n) is 4.08. The van der Waals surface area contributed by atoms with Crippen molar-refractivity contribution >= 4 is 11.8 Å². The van der Waals surface area contributed by atoms with E-state index in [0.29, 0.717) is 13.1 Å². The number of carbonyl (C=O) groups excluding carboxylic acids is 2. The summed E-state index contributed by atoms with van der Waals surface area (Å²) in [4.78, 5) is 26.2. The van der Waals surface area contributed by atoms with Crippen molar-refractivity contribution in [3.05, 3.63) is 0 Å². The summed E-state index contributed by atoms with van der Waals surface area (Å²) in [5.74, 6) is -1.03. The minimum atomic E-state index is -0.621. The predicted molar refractivity (Wildman–Crippen MR) is 58.8 cm³/mol. The van der Waals surface area contributed by atoms with Gasteiger partial charge in [0.15, 0.2) is 0 Å². The summed E-state index contributed by atoms with van der Waals surface area (Å²) in [5, 5.41) is 12.2. The van der Waals surface area contributed by atoms with Gasteiger partial charge in [-0.15, -0.1) is 0 Å². The van der Waals surface area contributed by atoms with Crippen LogP contribution in [-0.4, -0.2) is 72.6 Å². The van der Waals surface area contributed by atoms with Crippen molar-refractivity contribution < 1.29 is 14.7 Å². The number of hydrogen-bond acceptors (Lipinski definition) is 4. The van der Waals surface area contributed by atoms with E-state index < -0.39 is 17.9 Å². The molecule has 1 atom stereocenters. The van der Waals surface area contributed by atoms with E-state index in [1.807, 2.05) is 0 Å². The highest BCUT2D eigenvalue weighted by Gasteiger charge is 2.26. The van der Waals surface area contributed by atoms with E-state index in [-0.39, 0.29) is 6.54 Å². The molecule has 0 aromatic carbocycles. The van der Waals surface area contributed by atoms with Gasteiger partial charge in [-0.3, -0.25) is 9.59 Å². The number of amides is 2. The maximum atomic E-state index is 11.7. The minimum absolute atomic E-state index is 0.177. The van der Waals surface area contributed by atoms with Gasteiger partial charge in [0, 0.05) is 39.8 Å². The Morgan fingerprint density at radius 3 is 2.50 bits per heavy atom. The van der Waals surface area contributed by atoms with Crippen LogP contribution in [0.3, 0.4) is 0 Å². The largest absolute Gasteiger partial charge is 0.392 e. The molecule has 2 N–H and O–H groups in total. The van der Waals surface area contributed by atoms with Crippen molar-refractivity contribution in [1.29, 1.82) is 0 Å². The molecule has 1 aliphatic heterocycles. The van der Waals surface area contributed by atoms with E-state index in [4.69, 9.17) is 5.11 Å². The molecule has 0 radical (unpaired) electrons. The number of piperazine rings is 1. The van der Waals surface area contributed by atoms with Crippen molar-refractivity contribution in [2.24, 2.45) is 0 Å². The fourth-order valence-electron chi connectivity index (χ4n) is 1.65. The van der Waals surface area contributed by atoms with Gasteiger partial charge in [0.25, 0.3) is 0 Å². The molecule has 1 aliphatic rings. The quantitative estimate of drug-likeness (QED) is 0.551. The summed E-state index contributed by atoms with van der Waals surface area (Å²) in [6.45, 7) is 4.33. The first-order valence-electron chi connectivity index (χ1n) is 5.45. The molecule has 1 rings (SSSR count). The number of nitrogens with zero attached hydrogens (tertiary/aromatic N) is 2. The number of nitrogens with one attached hydrogen (secondary N) is 1. The average Bonchev–Trinajstić information content (AvgIpc) is 2.27. The molecule has 0 saturated carbocycles. The molecule has 6 nitrogen and oxygen atoms in total. The molecule has 0 aromatic heterocycles. The van der Waals surface area contributed by atoms with Crippen LogP contribution in [-0.2, 0) is 9.59 Å². The van der Waals surface area contributed by atoms with Crippen LogP contribution in [0.1, 0.15) is 6.92 Å². The number of aliphatic hydroxyl groups excluding tert-OH is 1. The molecule has 1 saturated heterocycles. The number of carbonyl (C=O) groups is 2. The summed E-state index contributed by atoms with van der Waals surface area (Å²) in [6.07, 6.45) is -0.621. The third-order valence-electron chi connectivity index (χ3n) is 2.47. The van der Waals surface area contributed by atoms with Gasteiger partial charge in [0.05, 0.1) is 6.10 Å². The fourth-order valence-corrected chi connectivity index (χ4v) is 1.65. The molecule has 92 valence electrons. The van der Waals surface area contributed by atoms with Gasteiger partial charge in [-0.25, -0.2) is 0 Å². The summed E-state index contributed by atoms with van der Waals surface area (Å²) < 4.78 is 0. The lowest BCUT2D eigenvalue weighted by atomic mass is 10.3. The Balaban J connectivity index is 2.48. The van der Waals surface area contributed by atoms with Crippen LogP contribution >= 0.6 is 0 Å². The Morgan fingerprint density at radius 2 is 2.00 bits per heavy atom. The van der Waals surface area contributed by atoms with E-state index in [9.17, 15) is 9.59 Å². The zero-order chi connectivity index (χ0) is 12.1. The zero-order valence-electron chi connectivity index (χ0n) is 9.77. The zero-order valence-corrected chi connectivity index (χ0v) is 9.77. The molecule has 0 spiro atoms. The molecular weight excluding hydrogens is 210 g/mol. The number of aliphatic hydroxyl groups is 1. The summed E-state index contributed by atoms with van der Waals surface area (Å²) in [5.41, 5.74) is 0. The topological polar surface area (TPSA) is 72.9 Å². The van der Waals surface area contributed by atoms with Crippen molar-refractivity contribution in [2.45, 2.75) is 13.0 Å². The third-order valence-corrected chi connectivity index (χ3v) is 2.47. The third kappa shape index (κ3) is 3.46. The van der Waals surface area contributed by atoms with E-state index in [2.05, 4.69) is 5.32 Å². The monoisotopic (exact) mass is 229 g/mol. The molecule has 1 unspecified atom stereocenters. The highest BCUT2D eigenvalue weighted by Crippen LogP contribution is 1.98. The van der Waals surface area contributed by atoms with Gasteiger partial charge >= 0.3 is 11.8 Å². The predicted octanol–water partition coefficient (Wildman–Crippen LogP) is -1.74. The lowest BCUT2D eigenvalue weighted by molar-refractivity contribution is -0.151. The van der Waals surface area contributed by atoms with Gasteiger partial charge in [0.2, 0.25) is 0 Å². The van der Waals surface area contributed by atoms with Gasteiger partial charge in [-0.05, 0) is 6.92 Å². The number of likely N-dealkylation sites (N-methyl/N-ethyl adjacent to an activating group) is 1. The summed E-state index contributed by atoms with van der Waals surface area (Å²) in [6, 6.07) is 0. The van der Waals surface area contributed by atoms with Gasteiger partial charge in [-0.1, -0.05) is 0 Å². The van der Waals surface area contributed by atoms with E-state index >= 15 is 0 Å². The maximum Gasteiger partial charge on any atom is 0.312 e. The highest BCUT2D eigenvalue weighted by molar-refractivity contribution is 6.34. The van der Waals surface area contributed by atoms with Crippen molar-refractivity contribution in [3.63, 3.8) is 0 Å². The van der Waals surface area contributed by atoms with Crippen LogP contribution in [0, 0.1) is 0 Å². The van der Waals surface area contributed by atoms with Crippen LogP contribution in [0.15, 0.2) is 0 Å². The van der Waals surface area contributed by atoms with Gasteiger partial charge in [0.1, 0.15) is 0 Å². The van der Waals surface area contributed by atoms with Crippen molar-refractivity contribution in [3.8, 4) is 0 Å². The van der Waals surface area contributed by atoms with Crippen LogP contribution in [0.5, 0.6) is 0 Å². The van der Waals surface area contributed by atoms with Crippen LogP contribution in [0.25, 0.3) is 0 Å². The lowest BCUT2D eigenvalue weighted by Gasteiger charge is -2.28. The second-order valence-corrected chi connectivity index (χ2v) is 4.08. The first-order chi connectivity index (χ1) is 7.52. The minimum Gasteiger partial charge on any atom is -0.392 e. The summed E-state index contributed by atoms with van der Waals surface area (Å²) >= 11 is 0. The molecule has 1 fully saturated rings. The van der Waals surface area contributed by atoms with Crippen molar-refractivity contribution in [2.75, 3.05) is 39.8 Å². The molecule has 16 heavy (non-hydrogen) atoms. The van der Waals surface area contributed by atoms with Crippen LogP contribution in [0.4, 0.5) is 0 Å². The normalized spacial score (nSPS) is 18.1. The Kier molecular flexibility index (Phi) is 4.70. The average molecular weight is 229 g/mol. The SMILES string of the molecule is CC(O)CN(C)C(=O)C(=O)N1CCNCC1. The summed E-state index contributed by atoms with van der Waals surface area (Å²) in [7, 11) is 1.52. The van der Waals surface area contributed by atoms with Gasteiger partial charge in [-0.2, -0.15) is 0 Å². The Labute approximate surface area is 95.2 Å². The van der Waals surface area contributed by atoms with E-state index in [0.717, 1.165) is 13.1 Å². The molecule has 1 heterocycles. The highest BCUT2D eigenvalue weighted by atomic mass is 16.3. The molecule has 6 heteroatoms. The molecule has 0 aromatic rings. The first-order valence-corrected chi connectivity index (χ1v) is 5.45. The second kappa shape index (κ2) is 5.81. The number of rotatable bonds is 2.